The van der Waals surface area contributed by atoms with Crippen molar-refractivity contribution in [2.45, 2.75) is 0 Å². The second-order valence-corrected chi connectivity index (χ2v) is 7.25. The van der Waals surface area contributed by atoms with Crippen LogP contribution in [-0.4, -0.2) is 44.4 Å². The lowest BCUT2D eigenvalue weighted by Gasteiger charge is -2.13. The molecule has 1 aliphatic rings. The molecular weight excluding hydrogens is 400 g/mol. The first kappa shape index (κ1) is 20.1. The summed E-state index contributed by atoms with van der Waals surface area (Å²) in [5, 5.41) is 1.22. The Bertz CT molecular complexity index is 932. The molecule has 3 rings (SSSR count). The highest BCUT2D eigenvalue weighted by Crippen LogP contribution is 2.40. The molecular formula is C20H19ClN2O4S. The van der Waals surface area contributed by atoms with Gasteiger partial charge in [0.2, 0.25) is 5.75 Å². The molecule has 0 atom stereocenters. The summed E-state index contributed by atoms with van der Waals surface area (Å²) >= 11 is 7.21. The molecule has 0 saturated carbocycles. The highest BCUT2D eigenvalue weighted by Gasteiger charge is 2.30. The number of methoxy groups -OCH3 is 3. The van der Waals surface area contributed by atoms with Crippen molar-refractivity contribution >= 4 is 46.2 Å². The maximum absolute atomic E-state index is 12.6. The van der Waals surface area contributed by atoms with E-state index in [9.17, 15) is 4.79 Å². The molecule has 0 aliphatic carbocycles. The molecule has 1 aliphatic heterocycles. The Kier molecular flexibility index (Phi) is 6.16. The van der Waals surface area contributed by atoms with Crippen LogP contribution < -0.4 is 14.2 Å². The van der Waals surface area contributed by atoms with Crippen molar-refractivity contribution < 1.29 is 19.0 Å². The quantitative estimate of drug-likeness (QED) is 0.664. The van der Waals surface area contributed by atoms with Crippen LogP contribution in [0.15, 0.2) is 46.3 Å². The van der Waals surface area contributed by atoms with Crippen LogP contribution in [0.5, 0.6) is 17.2 Å². The molecule has 146 valence electrons. The van der Waals surface area contributed by atoms with Gasteiger partial charge in [-0.15, -0.1) is 0 Å². The Labute approximate surface area is 172 Å². The third-order valence-electron chi connectivity index (χ3n) is 4.04. The minimum atomic E-state index is -0.133. The second kappa shape index (κ2) is 8.58. The van der Waals surface area contributed by atoms with Gasteiger partial charge in [-0.05, 0) is 59.8 Å². The summed E-state index contributed by atoms with van der Waals surface area (Å²) in [6.07, 6.45) is 1.78. The molecule has 1 heterocycles. The molecule has 0 bridgehead atoms. The number of carbonyl (C=O) groups is 1. The zero-order valence-electron chi connectivity index (χ0n) is 15.9. The van der Waals surface area contributed by atoms with Gasteiger partial charge in [0.25, 0.3) is 5.91 Å². The molecule has 0 aromatic heterocycles. The van der Waals surface area contributed by atoms with Crippen LogP contribution >= 0.6 is 23.4 Å². The summed E-state index contributed by atoms with van der Waals surface area (Å²) in [5.74, 6) is 1.41. The van der Waals surface area contributed by atoms with E-state index in [1.165, 1.54) is 16.7 Å². The number of rotatable bonds is 5. The predicted octanol–water partition coefficient (Wildman–Crippen LogP) is 4.60. The van der Waals surface area contributed by atoms with E-state index in [1.807, 2.05) is 0 Å². The first-order valence-corrected chi connectivity index (χ1v) is 9.48. The van der Waals surface area contributed by atoms with Gasteiger partial charge in [0.05, 0.1) is 31.9 Å². The first-order chi connectivity index (χ1) is 13.5. The third kappa shape index (κ3) is 4.10. The second-order valence-electron chi connectivity index (χ2n) is 5.80. The maximum atomic E-state index is 12.6. The SMILES string of the molecule is COc1cc(C=C2SC(=Nc3ccc(Cl)cc3)N(C)C2=O)cc(OC)c1OC. The average molecular weight is 419 g/mol. The maximum Gasteiger partial charge on any atom is 0.266 e. The fourth-order valence-corrected chi connectivity index (χ4v) is 3.73. The summed E-state index contributed by atoms with van der Waals surface area (Å²) in [4.78, 5) is 19.2. The van der Waals surface area contributed by atoms with Crippen LogP contribution in [0.2, 0.25) is 5.02 Å². The Hall–Kier alpha value is -2.64. The third-order valence-corrected chi connectivity index (χ3v) is 5.35. The molecule has 0 spiro atoms. The molecule has 0 radical (unpaired) electrons. The van der Waals surface area contributed by atoms with E-state index in [0.717, 1.165) is 11.3 Å². The lowest BCUT2D eigenvalue weighted by molar-refractivity contribution is -0.121. The number of hydrogen-bond acceptors (Lipinski definition) is 6. The Morgan fingerprint density at radius 3 is 2.18 bits per heavy atom. The predicted molar refractivity (Wildman–Crippen MR) is 113 cm³/mol. The van der Waals surface area contributed by atoms with E-state index in [-0.39, 0.29) is 5.91 Å². The van der Waals surface area contributed by atoms with Crippen molar-refractivity contribution in [3.8, 4) is 17.2 Å². The number of carbonyl (C=O) groups excluding carboxylic acids is 1. The number of likely N-dealkylation sites (N-methyl/N-ethyl adjacent to an activating group) is 1. The molecule has 2 aromatic rings. The van der Waals surface area contributed by atoms with E-state index >= 15 is 0 Å². The van der Waals surface area contributed by atoms with Gasteiger partial charge < -0.3 is 14.2 Å². The number of amides is 1. The summed E-state index contributed by atoms with van der Waals surface area (Å²) in [7, 11) is 6.34. The fourth-order valence-electron chi connectivity index (χ4n) is 2.61. The van der Waals surface area contributed by atoms with Crippen molar-refractivity contribution in [3.05, 3.63) is 51.9 Å². The number of aliphatic imine (C=N–C) groups is 1. The minimum absolute atomic E-state index is 0.133. The average Bonchev–Trinajstić information content (AvgIpc) is 2.96. The smallest absolute Gasteiger partial charge is 0.266 e. The number of hydrogen-bond donors (Lipinski definition) is 0. The minimum Gasteiger partial charge on any atom is -0.493 e. The van der Waals surface area contributed by atoms with Crippen LogP contribution in [0.25, 0.3) is 6.08 Å². The summed E-state index contributed by atoms with van der Waals surface area (Å²) < 4.78 is 16.1. The van der Waals surface area contributed by atoms with Crippen molar-refractivity contribution in [2.75, 3.05) is 28.4 Å². The summed E-state index contributed by atoms with van der Waals surface area (Å²) in [6, 6.07) is 10.7. The van der Waals surface area contributed by atoms with Gasteiger partial charge >= 0.3 is 0 Å². The molecule has 0 N–H and O–H groups in total. The van der Waals surface area contributed by atoms with E-state index in [2.05, 4.69) is 4.99 Å². The monoisotopic (exact) mass is 418 g/mol. The van der Waals surface area contributed by atoms with E-state index in [0.29, 0.717) is 32.3 Å². The van der Waals surface area contributed by atoms with Gasteiger partial charge in [-0.1, -0.05) is 11.6 Å². The normalized spacial score (nSPS) is 16.8. The number of benzene rings is 2. The highest BCUT2D eigenvalue weighted by molar-refractivity contribution is 8.18. The number of halogens is 1. The summed E-state index contributed by atoms with van der Waals surface area (Å²) in [5.41, 5.74) is 1.48. The zero-order valence-corrected chi connectivity index (χ0v) is 17.4. The zero-order chi connectivity index (χ0) is 20.3. The standard InChI is InChI=1S/C20H19ClN2O4S/c1-23-19(24)17(28-20(23)22-14-7-5-13(21)6-8-14)11-12-9-15(25-2)18(27-4)16(10-12)26-3/h5-11H,1-4H3. The topological polar surface area (TPSA) is 60.4 Å². The van der Waals surface area contributed by atoms with Gasteiger partial charge in [0, 0.05) is 12.1 Å². The van der Waals surface area contributed by atoms with Crippen molar-refractivity contribution in [1.82, 2.24) is 4.90 Å². The van der Waals surface area contributed by atoms with Crippen LogP contribution in [0.4, 0.5) is 5.69 Å². The van der Waals surface area contributed by atoms with Gasteiger partial charge in [-0.25, -0.2) is 4.99 Å². The van der Waals surface area contributed by atoms with Crippen LogP contribution in [0, 0.1) is 0 Å². The summed E-state index contributed by atoms with van der Waals surface area (Å²) in [6.45, 7) is 0. The van der Waals surface area contributed by atoms with E-state index in [4.69, 9.17) is 25.8 Å². The first-order valence-electron chi connectivity index (χ1n) is 8.28. The Morgan fingerprint density at radius 2 is 1.64 bits per heavy atom. The van der Waals surface area contributed by atoms with E-state index < -0.39 is 0 Å². The van der Waals surface area contributed by atoms with Crippen molar-refractivity contribution in [3.63, 3.8) is 0 Å². The molecule has 1 amide bonds. The molecule has 1 saturated heterocycles. The molecule has 6 nitrogen and oxygen atoms in total. The molecule has 28 heavy (non-hydrogen) atoms. The van der Waals surface area contributed by atoms with Gasteiger partial charge in [0.1, 0.15) is 0 Å². The fraction of sp³-hybridized carbons (Fsp3) is 0.200. The number of thioether (sulfide) groups is 1. The Balaban J connectivity index is 1.95. The van der Waals surface area contributed by atoms with Crippen molar-refractivity contribution in [1.29, 1.82) is 0 Å². The van der Waals surface area contributed by atoms with Gasteiger partial charge in [-0.2, -0.15) is 0 Å². The van der Waals surface area contributed by atoms with Crippen LogP contribution in [0.3, 0.4) is 0 Å². The van der Waals surface area contributed by atoms with Gasteiger partial charge in [0.15, 0.2) is 16.7 Å². The highest BCUT2D eigenvalue weighted by atomic mass is 35.5. The van der Waals surface area contributed by atoms with E-state index in [1.54, 1.807) is 70.9 Å². The number of amidine groups is 1. The van der Waals surface area contributed by atoms with Crippen LogP contribution in [-0.2, 0) is 4.79 Å². The van der Waals surface area contributed by atoms with Gasteiger partial charge in [-0.3, -0.25) is 9.69 Å². The lowest BCUT2D eigenvalue weighted by atomic mass is 10.1. The Morgan fingerprint density at radius 1 is 1.04 bits per heavy atom. The van der Waals surface area contributed by atoms with Crippen LogP contribution in [0.1, 0.15) is 5.56 Å². The number of nitrogens with zero attached hydrogens (tertiary/aromatic N) is 2. The number of ether oxygens (including phenoxy) is 3. The molecule has 8 heteroatoms. The molecule has 0 unspecified atom stereocenters. The molecule has 2 aromatic carbocycles. The van der Waals surface area contributed by atoms with Crippen molar-refractivity contribution in [2.24, 2.45) is 4.99 Å². The lowest BCUT2D eigenvalue weighted by Crippen LogP contribution is -2.23. The molecule has 1 fully saturated rings. The largest absolute Gasteiger partial charge is 0.493 e.